The summed E-state index contributed by atoms with van der Waals surface area (Å²) in [5.74, 6) is -1.19. The number of hydrogen-bond donors (Lipinski definition) is 0. The number of nitrogens with zero attached hydrogens (tertiary/aromatic N) is 4. The number of aromatic nitrogens is 4. The number of hydrogen-bond acceptors (Lipinski definition) is 6. The number of halogens is 5. The molecule has 0 bridgehead atoms. The summed E-state index contributed by atoms with van der Waals surface area (Å²) in [5.41, 5.74) is -0.749. The summed E-state index contributed by atoms with van der Waals surface area (Å²) in [7, 11) is 0. The average Bonchev–Trinajstić information content (AvgIpc) is 3.38. The first kappa shape index (κ1) is 24.6. The predicted octanol–water partition coefficient (Wildman–Crippen LogP) is 6.14. The molecule has 12 heteroatoms. The lowest BCUT2D eigenvalue weighted by atomic mass is 10.1. The van der Waals surface area contributed by atoms with Crippen LogP contribution in [0.15, 0.2) is 41.2 Å². The van der Waals surface area contributed by atoms with Crippen LogP contribution in [0.25, 0.3) is 28.6 Å². The minimum atomic E-state index is -4.50. The Morgan fingerprint density at radius 2 is 1.89 bits per heavy atom. The van der Waals surface area contributed by atoms with Crippen LogP contribution in [0.3, 0.4) is 0 Å². The summed E-state index contributed by atoms with van der Waals surface area (Å²) in [6.07, 6.45) is -2.25. The number of alkyl halides is 3. The third-order valence-electron chi connectivity index (χ3n) is 4.82. The molecule has 0 unspecified atom stereocenters. The number of esters is 1. The summed E-state index contributed by atoms with van der Waals surface area (Å²) >= 11 is 6.31. The van der Waals surface area contributed by atoms with Gasteiger partial charge < -0.3 is 13.7 Å². The zero-order chi connectivity index (χ0) is 25.5. The van der Waals surface area contributed by atoms with E-state index in [0.717, 1.165) is 18.3 Å². The summed E-state index contributed by atoms with van der Waals surface area (Å²) in [6.45, 7) is 5.22. The molecule has 0 spiro atoms. The number of aryl methyl sites for hydroxylation is 1. The molecule has 0 N–H and O–H groups in total. The van der Waals surface area contributed by atoms with Crippen LogP contribution in [-0.4, -0.2) is 31.1 Å². The van der Waals surface area contributed by atoms with Gasteiger partial charge in [0.1, 0.15) is 22.8 Å². The quantitative estimate of drug-likeness (QED) is 0.237. The molecule has 0 aliphatic rings. The molecule has 0 saturated heterocycles. The van der Waals surface area contributed by atoms with Crippen molar-refractivity contribution in [2.75, 3.05) is 0 Å². The van der Waals surface area contributed by atoms with Crippen LogP contribution in [-0.2, 0) is 22.1 Å². The van der Waals surface area contributed by atoms with Crippen molar-refractivity contribution in [1.29, 1.82) is 0 Å². The number of carbonyl (C=O) groups is 1. The summed E-state index contributed by atoms with van der Waals surface area (Å²) in [5, 5.41) is 3.92. The third-order valence-corrected chi connectivity index (χ3v) is 5.13. The molecule has 0 fully saturated rings. The number of imidazole rings is 1. The molecule has 0 atom stereocenters. The van der Waals surface area contributed by atoms with Crippen LogP contribution >= 0.6 is 11.6 Å². The highest BCUT2D eigenvalue weighted by molar-refractivity contribution is 6.33. The van der Waals surface area contributed by atoms with E-state index in [1.165, 1.54) is 22.7 Å². The van der Waals surface area contributed by atoms with Gasteiger partial charge in [-0.2, -0.15) is 18.2 Å². The molecule has 4 aromatic rings. The molecule has 3 heterocycles. The molecule has 0 aliphatic carbocycles. The Balaban J connectivity index is 1.55. The van der Waals surface area contributed by atoms with Gasteiger partial charge in [-0.15, -0.1) is 0 Å². The molecule has 0 amide bonds. The third kappa shape index (κ3) is 5.61. The number of ether oxygens (including phenoxy) is 1. The monoisotopic (exact) mass is 510 g/mol. The largest absolute Gasteiger partial charge is 0.460 e. The van der Waals surface area contributed by atoms with Crippen LogP contribution in [0.1, 0.15) is 38.3 Å². The Kier molecular flexibility index (Phi) is 6.31. The molecule has 0 radical (unpaired) electrons. The summed E-state index contributed by atoms with van der Waals surface area (Å²) in [6, 6.07) is 4.63. The van der Waals surface area contributed by atoms with Crippen LogP contribution in [0.5, 0.6) is 0 Å². The molecule has 4 rings (SSSR count). The number of fused-ring (bicyclic) bond motifs is 1. The van der Waals surface area contributed by atoms with Crippen molar-refractivity contribution in [2.45, 2.75) is 45.4 Å². The van der Waals surface area contributed by atoms with Crippen molar-refractivity contribution in [3.8, 4) is 23.0 Å². The predicted molar refractivity (Wildman–Crippen MR) is 118 cm³/mol. The maximum Gasteiger partial charge on any atom is 0.417 e. The molecular formula is C23H19ClF4N4O3. The van der Waals surface area contributed by atoms with Gasteiger partial charge in [-0.05, 0) is 57.0 Å². The second kappa shape index (κ2) is 8.95. The van der Waals surface area contributed by atoms with E-state index in [0.29, 0.717) is 0 Å². The van der Waals surface area contributed by atoms with Crippen LogP contribution in [0.4, 0.5) is 17.6 Å². The normalized spacial score (nSPS) is 12.3. The highest BCUT2D eigenvalue weighted by Gasteiger charge is 2.31. The molecule has 0 aliphatic heterocycles. The highest BCUT2D eigenvalue weighted by Crippen LogP contribution is 2.32. The lowest BCUT2D eigenvalue weighted by Gasteiger charge is -2.19. The second-order valence-corrected chi connectivity index (χ2v) is 9.15. The first-order chi connectivity index (χ1) is 16.3. The van der Waals surface area contributed by atoms with Crippen LogP contribution in [0.2, 0.25) is 5.02 Å². The Labute approximate surface area is 201 Å². The van der Waals surface area contributed by atoms with Crippen molar-refractivity contribution < 1.29 is 31.6 Å². The van der Waals surface area contributed by atoms with Crippen molar-refractivity contribution >= 4 is 23.2 Å². The van der Waals surface area contributed by atoms with Crippen LogP contribution < -0.4 is 0 Å². The fourth-order valence-corrected chi connectivity index (χ4v) is 3.55. The fourth-order valence-electron chi connectivity index (χ4n) is 3.28. The summed E-state index contributed by atoms with van der Waals surface area (Å²) in [4.78, 5) is 20.3. The summed E-state index contributed by atoms with van der Waals surface area (Å²) < 4.78 is 65.1. The van der Waals surface area contributed by atoms with Crippen molar-refractivity contribution in [3.05, 3.63) is 58.6 Å². The molecule has 0 saturated carbocycles. The van der Waals surface area contributed by atoms with Crippen molar-refractivity contribution in [1.82, 2.24) is 19.5 Å². The standard InChI is InChI=1S/C23H19ClF4N4O3/c1-22(2,3)34-19(33)7-4-12-8-15(24)14(9-16(12)25)20-30-21(35-31-20)17-11-32-10-13(23(26,27)28)5-6-18(32)29-17/h5-6,8-11H,4,7H2,1-3H3. The van der Waals surface area contributed by atoms with Gasteiger partial charge in [0.15, 0.2) is 0 Å². The Bertz CT molecular complexity index is 1410. The minimum absolute atomic E-state index is 0.0276. The van der Waals surface area contributed by atoms with E-state index in [9.17, 15) is 22.4 Å². The van der Waals surface area contributed by atoms with Gasteiger partial charge in [0.05, 0.1) is 10.6 Å². The van der Waals surface area contributed by atoms with Gasteiger partial charge in [0.25, 0.3) is 5.89 Å². The number of benzene rings is 1. The van der Waals surface area contributed by atoms with Gasteiger partial charge in [-0.3, -0.25) is 4.79 Å². The van der Waals surface area contributed by atoms with Gasteiger partial charge >= 0.3 is 12.1 Å². The maximum absolute atomic E-state index is 14.7. The molecular weight excluding hydrogens is 492 g/mol. The Morgan fingerprint density at radius 3 is 2.57 bits per heavy atom. The van der Waals surface area contributed by atoms with E-state index in [1.54, 1.807) is 20.8 Å². The second-order valence-electron chi connectivity index (χ2n) is 8.74. The highest BCUT2D eigenvalue weighted by atomic mass is 35.5. The molecule has 7 nitrogen and oxygen atoms in total. The number of rotatable bonds is 5. The van der Waals surface area contributed by atoms with E-state index in [4.69, 9.17) is 20.9 Å². The van der Waals surface area contributed by atoms with Gasteiger partial charge in [0, 0.05) is 24.4 Å². The number of carbonyl (C=O) groups excluding carboxylic acids is 1. The maximum atomic E-state index is 14.7. The Morgan fingerprint density at radius 1 is 1.14 bits per heavy atom. The van der Waals surface area contributed by atoms with Gasteiger partial charge in [-0.25, -0.2) is 9.37 Å². The minimum Gasteiger partial charge on any atom is -0.460 e. The van der Waals surface area contributed by atoms with Gasteiger partial charge in [-0.1, -0.05) is 16.8 Å². The van der Waals surface area contributed by atoms with Crippen LogP contribution in [0, 0.1) is 5.82 Å². The van der Waals surface area contributed by atoms with Crippen molar-refractivity contribution in [2.24, 2.45) is 0 Å². The van der Waals surface area contributed by atoms with Crippen molar-refractivity contribution in [3.63, 3.8) is 0 Å². The lowest BCUT2D eigenvalue weighted by molar-refractivity contribution is -0.154. The SMILES string of the molecule is CC(C)(C)OC(=O)CCc1cc(Cl)c(-c2noc(-c3cn4cc(C(F)(F)F)ccc4n3)n2)cc1F. The molecule has 184 valence electrons. The smallest absolute Gasteiger partial charge is 0.417 e. The van der Waals surface area contributed by atoms with E-state index < -0.39 is 29.1 Å². The zero-order valence-corrected chi connectivity index (χ0v) is 19.5. The van der Waals surface area contributed by atoms with E-state index in [2.05, 4.69) is 15.1 Å². The first-order valence-corrected chi connectivity index (χ1v) is 10.8. The van der Waals surface area contributed by atoms with E-state index in [-0.39, 0.29) is 52.0 Å². The fraction of sp³-hybridized carbons (Fsp3) is 0.304. The lowest BCUT2D eigenvalue weighted by Crippen LogP contribution is -2.24. The first-order valence-electron chi connectivity index (χ1n) is 10.4. The van der Waals surface area contributed by atoms with E-state index in [1.807, 2.05) is 0 Å². The molecule has 35 heavy (non-hydrogen) atoms. The Hall–Kier alpha value is -3.47. The molecule has 3 aromatic heterocycles. The van der Waals surface area contributed by atoms with Gasteiger partial charge in [0.2, 0.25) is 5.82 Å². The average molecular weight is 511 g/mol. The number of pyridine rings is 1. The zero-order valence-electron chi connectivity index (χ0n) is 18.8. The topological polar surface area (TPSA) is 82.5 Å². The van der Waals surface area contributed by atoms with E-state index >= 15 is 0 Å². The molecule has 1 aromatic carbocycles.